The lowest BCUT2D eigenvalue weighted by Crippen LogP contribution is -2.44. The van der Waals surface area contributed by atoms with Gasteiger partial charge in [-0.15, -0.1) is 0 Å². The molecule has 0 radical (unpaired) electrons. The summed E-state index contributed by atoms with van der Waals surface area (Å²) in [4.78, 5) is 16.2. The van der Waals surface area contributed by atoms with Gasteiger partial charge in [-0.05, 0) is 36.8 Å². The predicted molar refractivity (Wildman–Crippen MR) is 80.7 cm³/mol. The van der Waals surface area contributed by atoms with E-state index in [1.165, 1.54) is 12.1 Å². The summed E-state index contributed by atoms with van der Waals surface area (Å²) >= 11 is 0. The fourth-order valence-electron chi connectivity index (χ4n) is 2.00. The fraction of sp³-hybridized carbons (Fsp3) is 0.250. The third-order valence-electron chi connectivity index (χ3n) is 3.09. The zero-order chi connectivity index (χ0) is 15.9. The second-order valence-corrected chi connectivity index (χ2v) is 4.94. The van der Waals surface area contributed by atoms with E-state index in [1.54, 1.807) is 43.5 Å². The Morgan fingerprint density at radius 3 is 2.73 bits per heavy atom. The summed E-state index contributed by atoms with van der Waals surface area (Å²) in [6, 6.07) is 9.90. The molecule has 116 valence electrons. The minimum atomic E-state index is -0.581. The number of nitrogens with one attached hydrogen (secondary N) is 2. The van der Waals surface area contributed by atoms with Gasteiger partial charge in [0.2, 0.25) is 0 Å². The van der Waals surface area contributed by atoms with Crippen LogP contribution in [0.5, 0.6) is 0 Å². The largest absolute Gasteiger partial charge is 0.394 e. The molecule has 2 aromatic rings. The fourth-order valence-corrected chi connectivity index (χ4v) is 2.00. The van der Waals surface area contributed by atoms with Gasteiger partial charge in [0.1, 0.15) is 5.82 Å². The first-order chi connectivity index (χ1) is 10.6. The molecule has 2 amide bonds. The molecule has 2 rings (SSSR count). The first kappa shape index (κ1) is 15.9. The van der Waals surface area contributed by atoms with Gasteiger partial charge in [-0.2, -0.15) is 0 Å². The molecule has 22 heavy (non-hydrogen) atoms. The molecule has 0 aliphatic heterocycles. The number of carbonyl (C=O) groups excluding carboxylic acids is 1. The Kier molecular flexibility index (Phi) is 5.43. The monoisotopic (exact) mass is 303 g/mol. The number of hydrogen-bond donors (Lipinski definition) is 3. The zero-order valence-corrected chi connectivity index (χ0v) is 12.2. The van der Waals surface area contributed by atoms with E-state index in [0.29, 0.717) is 11.3 Å². The Morgan fingerprint density at radius 2 is 2.09 bits per heavy atom. The lowest BCUT2D eigenvalue weighted by molar-refractivity contribution is 0.218. The number of amides is 2. The van der Waals surface area contributed by atoms with Crippen molar-refractivity contribution in [3.8, 4) is 0 Å². The highest BCUT2D eigenvalue weighted by molar-refractivity contribution is 5.75. The van der Waals surface area contributed by atoms with Crippen molar-refractivity contribution in [3.63, 3.8) is 0 Å². The number of nitrogens with zero attached hydrogens (tertiary/aromatic N) is 1. The van der Waals surface area contributed by atoms with E-state index in [1.807, 2.05) is 0 Å². The molecular formula is C16H18FN3O2. The number of aromatic nitrogens is 1. The van der Waals surface area contributed by atoms with E-state index >= 15 is 0 Å². The molecule has 6 heteroatoms. The normalized spacial score (nSPS) is 13.2. The quantitative estimate of drug-likeness (QED) is 0.791. The van der Waals surface area contributed by atoms with E-state index in [9.17, 15) is 9.18 Å². The van der Waals surface area contributed by atoms with Crippen LogP contribution in [0.4, 0.5) is 9.18 Å². The topological polar surface area (TPSA) is 74.2 Å². The van der Waals surface area contributed by atoms with Crippen molar-refractivity contribution in [3.05, 3.63) is 65.7 Å². The zero-order valence-electron chi connectivity index (χ0n) is 12.2. The lowest BCUT2D eigenvalue weighted by Gasteiger charge is -2.20. The van der Waals surface area contributed by atoms with Crippen molar-refractivity contribution in [2.45, 2.75) is 19.0 Å². The van der Waals surface area contributed by atoms with Crippen molar-refractivity contribution in [1.82, 2.24) is 15.6 Å². The van der Waals surface area contributed by atoms with Crippen LogP contribution in [0.15, 0.2) is 48.7 Å². The van der Waals surface area contributed by atoms with E-state index < -0.39 is 12.1 Å². The standard InChI is InChI=1S/C16H18FN3O2/c1-11(10-21)19-16(22)20-15(14-7-2-3-8-18-14)12-5-4-6-13(17)9-12/h2-9,11,15,21H,10H2,1H3,(H2,19,20,22)/t11-,15?/m0/s1. The minimum absolute atomic E-state index is 0.165. The number of benzene rings is 1. The van der Waals surface area contributed by atoms with Crippen molar-refractivity contribution >= 4 is 6.03 Å². The molecule has 2 atom stereocenters. The van der Waals surface area contributed by atoms with Crippen molar-refractivity contribution < 1.29 is 14.3 Å². The van der Waals surface area contributed by atoms with Crippen LogP contribution in [0.2, 0.25) is 0 Å². The second-order valence-electron chi connectivity index (χ2n) is 4.94. The van der Waals surface area contributed by atoms with Gasteiger partial charge >= 0.3 is 6.03 Å². The predicted octanol–water partition coefficient (Wildman–Crippen LogP) is 1.99. The van der Waals surface area contributed by atoms with Gasteiger partial charge in [0.05, 0.1) is 24.4 Å². The molecule has 0 bridgehead atoms. The molecule has 1 unspecified atom stereocenters. The van der Waals surface area contributed by atoms with E-state index in [2.05, 4.69) is 15.6 Å². The average Bonchev–Trinajstić information content (AvgIpc) is 2.53. The molecule has 0 saturated carbocycles. The van der Waals surface area contributed by atoms with Crippen LogP contribution in [0, 0.1) is 5.82 Å². The molecular weight excluding hydrogens is 285 g/mol. The van der Waals surface area contributed by atoms with Crippen LogP contribution >= 0.6 is 0 Å². The highest BCUT2D eigenvalue weighted by atomic mass is 19.1. The first-order valence-corrected chi connectivity index (χ1v) is 6.94. The molecule has 1 heterocycles. The average molecular weight is 303 g/mol. The van der Waals surface area contributed by atoms with E-state index in [4.69, 9.17) is 5.11 Å². The number of aliphatic hydroxyl groups is 1. The number of hydrogen-bond acceptors (Lipinski definition) is 3. The van der Waals surface area contributed by atoms with Gasteiger partial charge in [-0.1, -0.05) is 18.2 Å². The minimum Gasteiger partial charge on any atom is -0.394 e. The summed E-state index contributed by atoms with van der Waals surface area (Å²) in [5.74, 6) is -0.385. The van der Waals surface area contributed by atoms with Crippen LogP contribution in [0.1, 0.15) is 24.2 Å². The van der Waals surface area contributed by atoms with Gasteiger partial charge in [-0.25, -0.2) is 9.18 Å². The van der Waals surface area contributed by atoms with Crippen LogP contribution in [0.3, 0.4) is 0 Å². The van der Waals surface area contributed by atoms with E-state index in [-0.39, 0.29) is 18.5 Å². The Morgan fingerprint density at radius 1 is 1.27 bits per heavy atom. The third kappa shape index (κ3) is 4.26. The molecule has 0 fully saturated rings. The number of carbonyl (C=O) groups is 1. The van der Waals surface area contributed by atoms with Crippen molar-refractivity contribution in [2.24, 2.45) is 0 Å². The first-order valence-electron chi connectivity index (χ1n) is 6.94. The Bertz CT molecular complexity index is 622. The summed E-state index contributed by atoms with van der Waals surface area (Å²) in [7, 11) is 0. The Balaban J connectivity index is 2.25. The van der Waals surface area contributed by atoms with E-state index in [0.717, 1.165) is 0 Å². The lowest BCUT2D eigenvalue weighted by atomic mass is 10.0. The smallest absolute Gasteiger partial charge is 0.315 e. The maximum absolute atomic E-state index is 13.5. The molecule has 0 aliphatic rings. The molecule has 3 N–H and O–H groups in total. The number of rotatable bonds is 5. The summed E-state index contributed by atoms with van der Waals surface area (Å²) in [6.07, 6.45) is 1.61. The van der Waals surface area contributed by atoms with Crippen LogP contribution < -0.4 is 10.6 Å². The number of urea groups is 1. The number of halogens is 1. The highest BCUT2D eigenvalue weighted by Gasteiger charge is 2.19. The van der Waals surface area contributed by atoms with Gasteiger partial charge in [-0.3, -0.25) is 4.98 Å². The van der Waals surface area contributed by atoms with Crippen molar-refractivity contribution in [1.29, 1.82) is 0 Å². The molecule has 0 saturated heterocycles. The van der Waals surface area contributed by atoms with Crippen molar-refractivity contribution in [2.75, 3.05) is 6.61 Å². The van der Waals surface area contributed by atoms with Gasteiger partial charge in [0, 0.05) is 6.20 Å². The Labute approximate surface area is 128 Å². The number of aliphatic hydroxyl groups excluding tert-OH is 1. The Hall–Kier alpha value is -2.47. The van der Waals surface area contributed by atoms with Crippen LogP contribution in [-0.4, -0.2) is 28.8 Å². The number of pyridine rings is 1. The second kappa shape index (κ2) is 7.51. The van der Waals surface area contributed by atoms with Gasteiger partial charge in [0.25, 0.3) is 0 Å². The molecule has 1 aromatic carbocycles. The van der Waals surface area contributed by atoms with Crippen LogP contribution in [-0.2, 0) is 0 Å². The maximum atomic E-state index is 13.5. The molecule has 5 nitrogen and oxygen atoms in total. The van der Waals surface area contributed by atoms with Crippen LogP contribution in [0.25, 0.3) is 0 Å². The summed E-state index contributed by atoms with van der Waals surface area (Å²) in [5.41, 5.74) is 1.19. The summed E-state index contributed by atoms with van der Waals surface area (Å²) < 4.78 is 13.5. The maximum Gasteiger partial charge on any atom is 0.315 e. The summed E-state index contributed by atoms with van der Waals surface area (Å²) in [6.45, 7) is 1.51. The molecule has 0 aliphatic carbocycles. The van der Waals surface area contributed by atoms with Gasteiger partial charge in [0.15, 0.2) is 0 Å². The molecule has 0 spiro atoms. The highest BCUT2D eigenvalue weighted by Crippen LogP contribution is 2.20. The SMILES string of the molecule is C[C@@H](CO)NC(=O)NC(c1cccc(F)c1)c1ccccn1. The molecule has 1 aromatic heterocycles. The third-order valence-corrected chi connectivity index (χ3v) is 3.09. The summed E-state index contributed by atoms with van der Waals surface area (Å²) in [5, 5.41) is 14.3. The van der Waals surface area contributed by atoms with Gasteiger partial charge < -0.3 is 15.7 Å².